The molecule has 0 unspecified atom stereocenters. The van der Waals surface area contributed by atoms with Gasteiger partial charge >= 0.3 is 0 Å². The monoisotopic (exact) mass is 1510 g/mol. The summed E-state index contributed by atoms with van der Waals surface area (Å²) in [7, 11) is 0. The number of hydrogen-bond acceptors (Lipinski definition) is 29. The van der Waals surface area contributed by atoms with Crippen LogP contribution in [0.15, 0.2) is 182 Å². The zero-order valence-corrected chi connectivity index (χ0v) is 62.9. The van der Waals surface area contributed by atoms with E-state index < -0.39 is 17.9 Å². The molecule has 0 bridgehead atoms. The van der Waals surface area contributed by atoms with Crippen LogP contribution in [0.3, 0.4) is 0 Å². The van der Waals surface area contributed by atoms with Crippen molar-refractivity contribution < 1.29 is 86.9 Å². The van der Waals surface area contributed by atoms with Gasteiger partial charge in [-0.3, -0.25) is 14.4 Å². The van der Waals surface area contributed by atoms with Crippen molar-refractivity contribution >= 4 is 144 Å². The van der Waals surface area contributed by atoms with Gasteiger partial charge in [0, 0.05) is 162 Å². The number of hydrogen-bond donors (Lipinski definition) is 8. The smallest absolute Gasteiger partial charge is 0.300 e. The number of nitrogens with zero attached hydrogens (tertiary/aromatic N) is 6. The summed E-state index contributed by atoms with van der Waals surface area (Å²) in [6.07, 6.45) is 8.35. The number of carboxylic acids is 3. The van der Waals surface area contributed by atoms with Crippen LogP contribution in [0.2, 0.25) is 0 Å². The van der Waals surface area contributed by atoms with Crippen molar-refractivity contribution in [3.05, 3.63) is 182 Å². The van der Waals surface area contributed by atoms with Gasteiger partial charge in [-0.05, 0) is 52.6 Å². The summed E-state index contributed by atoms with van der Waals surface area (Å²) < 4.78 is 19.7. The molecule has 9 aromatic carbocycles. The predicted molar refractivity (Wildman–Crippen MR) is 415 cm³/mol. The Hall–Kier alpha value is -8.66. The molecule has 11 N–H and O–H groups in total. The number of aromatic nitrogens is 6. The van der Waals surface area contributed by atoms with Crippen LogP contribution in [0.4, 0.5) is 0 Å². The Morgan fingerprint density at radius 3 is 0.553 bits per heavy atom. The average Bonchev–Trinajstić information content (AvgIpc) is 1.60. The molecule has 32 heteroatoms. The maximum atomic E-state index is 9.00. The molecule has 0 saturated heterocycles. The van der Waals surface area contributed by atoms with Crippen LogP contribution in [0.25, 0.3) is 133 Å². The summed E-state index contributed by atoms with van der Waals surface area (Å²) in [5.74, 6) is 10.7. The standard InChI is InChI=1S/3C18H10N2.3C2H4O2.3C2H6.3CH5NO2S.2CH4O3S/c3*1-2-10-15-14(9-1)19-17-12-7-3-5-11-6-4-8-13(16(11)12)18(17)20-15;3*1-2(3)4;3*1-2;5*1-5-4-3-2/h3*1-10H;3*1H3,(H,3,4);3*1-2H3;3*2H2,1H3;2*2H,1H3. The Morgan fingerprint density at radius 1 is 0.291 bits per heavy atom. The SMILES string of the molecule is CC.CC.CC.CC(=O)O.CC(=O)O.CC(=O)O.CSOON.CSOON.CSOON.CSOOO.CSOOO.c1cc2c3c(cccc3c1)-c1nc3ccccc3nc1-2.c1cc2c3c(cccc3c1)-c1nc3ccccc3nc1-2.c1cc2c3c(cccc3c1)-c1nc3ccccc3nc1-2. The molecule has 0 atom stereocenters. The highest BCUT2D eigenvalue weighted by atomic mass is 32.2. The van der Waals surface area contributed by atoms with Crippen molar-refractivity contribution in [3.8, 4) is 67.5 Å². The summed E-state index contributed by atoms with van der Waals surface area (Å²) in [6.45, 7) is 15.3. The van der Waals surface area contributed by atoms with Crippen molar-refractivity contribution in [2.24, 2.45) is 17.7 Å². The summed E-state index contributed by atoms with van der Waals surface area (Å²) in [5, 5.41) is 50.8. The third-order valence-corrected chi connectivity index (χ3v) is 13.5. The third-order valence-electron chi connectivity index (χ3n) is 12.5. The second-order valence-corrected chi connectivity index (χ2v) is 20.9. The number of nitrogens with two attached hydrogens (primary N) is 3. The van der Waals surface area contributed by atoms with Crippen molar-refractivity contribution in [2.75, 3.05) is 31.3 Å². The van der Waals surface area contributed by atoms with Gasteiger partial charge in [0.05, 0.1) is 67.3 Å². The van der Waals surface area contributed by atoms with E-state index in [1.165, 1.54) is 65.7 Å². The first-order valence-corrected chi connectivity index (χ1v) is 36.4. The van der Waals surface area contributed by atoms with Gasteiger partial charge in [-0.2, -0.15) is 17.7 Å². The fourth-order valence-corrected chi connectivity index (χ4v) is 9.87. The minimum atomic E-state index is -0.833. The van der Waals surface area contributed by atoms with E-state index in [0.29, 0.717) is 0 Å². The predicted octanol–water partition coefficient (Wildman–Crippen LogP) is 18.3. The van der Waals surface area contributed by atoms with Gasteiger partial charge in [0.2, 0.25) is 0 Å². The lowest BCUT2D eigenvalue weighted by Crippen LogP contribution is -1.92. The number of aliphatic carboxylic acids is 3. The molecule has 0 fully saturated rings. The highest BCUT2D eigenvalue weighted by molar-refractivity contribution is 7.94. The fourth-order valence-electron chi connectivity index (χ4n) is 9.51. The van der Waals surface area contributed by atoms with Crippen molar-refractivity contribution in [1.29, 1.82) is 0 Å². The molecule has 15 rings (SSSR count). The lowest BCUT2D eigenvalue weighted by molar-refractivity contribution is -0.432. The molecule has 3 heterocycles. The molecule has 12 aromatic rings. The number of para-hydroxylation sites is 6. The molecule has 0 aliphatic heterocycles. The fraction of sp³-hybridized carbons (Fsp3) is 0.197. The average molecular weight is 1510 g/mol. The summed E-state index contributed by atoms with van der Waals surface area (Å²) in [5.41, 5.74) is 19.0. The Labute approximate surface area is 617 Å². The third kappa shape index (κ3) is 28.1. The molecule has 103 heavy (non-hydrogen) atoms. The van der Waals surface area contributed by atoms with Gasteiger partial charge in [-0.1, -0.05) is 197 Å². The molecule has 3 aliphatic rings. The number of carboxylic acid groups (broad SMARTS) is 3. The highest BCUT2D eigenvalue weighted by Gasteiger charge is 2.27. The number of benzene rings is 9. The van der Waals surface area contributed by atoms with Crippen LogP contribution < -0.4 is 17.7 Å². The van der Waals surface area contributed by atoms with Gasteiger partial charge in [-0.25, -0.2) is 40.4 Å². The number of rotatable bonds is 10. The second-order valence-electron chi connectivity index (χ2n) is 18.5. The van der Waals surface area contributed by atoms with Gasteiger partial charge in [0.15, 0.2) is 0 Å². The van der Waals surface area contributed by atoms with Crippen molar-refractivity contribution in [1.82, 2.24) is 29.9 Å². The minimum absolute atomic E-state index is 0.833. The Bertz CT molecular complexity index is 3810. The van der Waals surface area contributed by atoms with Gasteiger partial charge < -0.3 is 15.3 Å². The van der Waals surface area contributed by atoms with E-state index in [9.17, 15) is 0 Å². The van der Waals surface area contributed by atoms with Crippen LogP contribution >= 0.6 is 60.2 Å². The zero-order valence-electron chi connectivity index (χ0n) is 58.8. The topological polar surface area (TPSA) is 400 Å². The summed E-state index contributed by atoms with van der Waals surface area (Å²) in [6, 6.07) is 62.4. The van der Waals surface area contributed by atoms with Crippen LogP contribution in [0.5, 0.6) is 0 Å². The first-order valence-electron chi connectivity index (χ1n) is 30.7. The molecule has 3 aliphatic carbocycles. The molecule has 550 valence electrons. The van der Waals surface area contributed by atoms with E-state index in [1.54, 1.807) is 31.3 Å². The quantitative estimate of drug-likeness (QED) is 0.0358. The molecule has 27 nitrogen and oxygen atoms in total. The maximum Gasteiger partial charge on any atom is 0.300 e. The Kier molecular flexibility index (Phi) is 45.9. The molecule has 3 aromatic heterocycles. The number of fused-ring (bicyclic) bond motifs is 12. The maximum absolute atomic E-state index is 9.00. The van der Waals surface area contributed by atoms with Gasteiger partial charge in [-0.15, -0.1) is 36.6 Å². The summed E-state index contributed by atoms with van der Waals surface area (Å²) in [4.78, 5) is 67.0. The van der Waals surface area contributed by atoms with E-state index >= 15 is 0 Å². The second kappa shape index (κ2) is 52.3. The van der Waals surface area contributed by atoms with Crippen LogP contribution in [0.1, 0.15) is 62.3 Å². The molecular formula is C71H83N9O18S5. The highest BCUT2D eigenvalue weighted by Crippen LogP contribution is 2.48. The molecule has 0 amide bonds. The largest absolute Gasteiger partial charge is 0.481 e. The van der Waals surface area contributed by atoms with Gasteiger partial charge in [0.25, 0.3) is 17.9 Å². The van der Waals surface area contributed by atoms with Gasteiger partial charge in [0.1, 0.15) is 0 Å². The van der Waals surface area contributed by atoms with Crippen molar-refractivity contribution in [2.45, 2.75) is 62.3 Å². The normalized spacial score (nSPS) is 9.93. The molecule has 0 saturated carbocycles. The van der Waals surface area contributed by atoms with E-state index in [1.807, 2.05) is 114 Å². The minimum Gasteiger partial charge on any atom is -0.481 e. The van der Waals surface area contributed by atoms with E-state index in [0.717, 1.165) is 148 Å². The summed E-state index contributed by atoms with van der Waals surface area (Å²) >= 11 is 5.02. The Balaban J connectivity index is 0.000000413. The van der Waals surface area contributed by atoms with E-state index in [4.69, 9.17) is 70.1 Å². The first-order chi connectivity index (χ1) is 50.0. The lowest BCUT2D eigenvalue weighted by Gasteiger charge is -2.02. The van der Waals surface area contributed by atoms with Crippen LogP contribution in [0, 0.1) is 0 Å². The molecular weight excluding hydrogens is 1430 g/mol. The van der Waals surface area contributed by atoms with E-state index in [-0.39, 0.29) is 0 Å². The molecule has 0 radical (unpaired) electrons. The lowest BCUT2D eigenvalue weighted by atomic mass is 10.0. The zero-order chi connectivity index (χ0) is 76.7. The van der Waals surface area contributed by atoms with E-state index in [2.05, 4.69) is 174 Å². The van der Waals surface area contributed by atoms with Crippen LogP contribution in [-0.4, -0.2) is 105 Å². The van der Waals surface area contributed by atoms with Crippen LogP contribution in [-0.2, 0) is 61.1 Å². The van der Waals surface area contributed by atoms with Crippen molar-refractivity contribution in [3.63, 3.8) is 0 Å². The Morgan fingerprint density at radius 2 is 0.447 bits per heavy atom. The first kappa shape index (κ1) is 90.4. The number of carbonyl (C=O) groups is 3. The molecule has 0 spiro atoms.